The van der Waals surface area contributed by atoms with Crippen LogP contribution in [0.2, 0.25) is 0 Å². The molecule has 0 spiro atoms. The van der Waals surface area contributed by atoms with Gasteiger partial charge in [-0.3, -0.25) is 27.1 Å². The van der Waals surface area contributed by atoms with Gasteiger partial charge in [0.2, 0.25) is 0 Å². The first-order valence-electron chi connectivity index (χ1n) is 8.23. The van der Waals surface area contributed by atoms with Gasteiger partial charge >= 0.3 is 15.6 Å². The SMILES string of the molecule is CCOP(=O)(OCC)O[C@@H]1C=C[C@H](OP(=O)(OCC)OCC)CC1. The Kier molecular flexibility index (Phi) is 9.94. The highest BCUT2D eigenvalue weighted by molar-refractivity contribution is 7.48. The summed E-state index contributed by atoms with van der Waals surface area (Å²) in [6, 6.07) is 0. The molecule has 0 saturated heterocycles. The number of phosphoric acid groups is 2. The zero-order valence-corrected chi connectivity index (χ0v) is 16.5. The summed E-state index contributed by atoms with van der Waals surface area (Å²) in [7, 11) is -7.13. The molecule has 0 aliphatic heterocycles. The molecule has 0 N–H and O–H groups in total. The molecule has 8 nitrogen and oxygen atoms in total. The Morgan fingerprint density at radius 3 is 1.21 bits per heavy atom. The maximum absolute atomic E-state index is 12.3. The van der Waals surface area contributed by atoms with Crippen molar-refractivity contribution >= 4 is 15.6 Å². The molecule has 1 aliphatic rings. The molecule has 0 aromatic carbocycles. The Morgan fingerprint density at radius 1 is 0.708 bits per heavy atom. The maximum Gasteiger partial charge on any atom is 0.475 e. The minimum Gasteiger partial charge on any atom is -0.287 e. The van der Waals surface area contributed by atoms with Crippen LogP contribution in [0.15, 0.2) is 12.2 Å². The molecule has 0 unspecified atom stereocenters. The third kappa shape index (κ3) is 7.46. The van der Waals surface area contributed by atoms with E-state index < -0.39 is 27.9 Å². The fourth-order valence-corrected chi connectivity index (χ4v) is 4.78. The average Bonchev–Trinajstić information content (AvgIpc) is 2.50. The predicted octanol–water partition coefficient (Wildman–Crippen LogP) is 4.47. The van der Waals surface area contributed by atoms with Crippen molar-refractivity contribution in [3.05, 3.63) is 12.2 Å². The first kappa shape index (κ1) is 22.0. The van der Waals surface area contributed by atoms with Crippen molar-refractivity contribution in [3.8, 4) is 0 Å². The van der Waals surface area contributed by atoms with Crippen molar-refractivity contribution < 1.29 is 36.3 Å². The molecule has 0 amide bonds. The first-order chi connectivity index (χ1) is 11.4. The fraction of sp³-hybridized carbons (Fsp3) is 0.857. The minimum absolute atomic E-state index is 0.228. The van der Waals surface area contributed by atoms with Crippen molar-refractivity contribution in [2.24, 2.45) is 0 Å². The quantitative estimate of drug-likeness (QED) is 0.359. The largest absolute Gasteiger partial charge is 0.475 e. The number of phosphoric ester groups is 2. The van der Waals surface area contributed by atoms with E-state index in [0.29, 0.717) is 12.8 Å². The summed E-state index contributed by atoms with van der Waals surface area (Å²) < 4.78 is 56.1. The average molecular weight is 386 g/mol. The van der Waals surface area contributed by atoms with Crippen LogP contribution in [0.3, 0.4) is 0 Å². The van der Waals surface area contributed by atoms with E-state index in [4.69, 9.17) is 27.1 Å². The van der Waals surface area contributed by atoms with E-state index in [2.05, 4.69) is 0 Å². The zero-order chi connectivity index (χ0) is 18.1. The van der Waals surface area contributed by atoms with Gasteiger partial charge in [0.05, 0.1) is 38.6 Å². The molecule has 0 saturated carbocycles. The highest BCUT2D eigenvalue weighted by Gasteiger charge is 2.33. The second kappa shape index (κ2) is 10.8. The molecule has 0 bridgehead atoms. The second-order valence-corrected chi connectivity index (χ2v) is 8.06. The summed E-state index contributed by atoms with van der Waals surface area (Å²) >= 11 is 0. The smallest absolute Gasteiger partial charge is 0.287 e. The van der Waals surface area contributed by atoms with E-state index in [1.165, 1.54) is 0 Å². The molecular weight excluding hydrogens is 358 g/mol. The van der Waals surface area contributed by atoms with Gasteiger partial charge in [-0.2, -0.15) is 0 Å². The highest BCUT2D eigenvalue weighted by Crippen LogP contribution is 2.53. The van der Waals surface area contributed by atoms with Crippen molar-refractivity contribution in [2.75, 3.05) is 26.4 Å². The van der Waals surface area contributed by atoms with E-state index in [1.54, 1.807) is 39.8 Å². The van der Waals surface area contributed by atoms with Crippen LogP contribution in [-0.2, 0) is 36.3 Å². The van der Waals surface area contributed by atoms with Gasteiger partial charge in [0.25, 0.3) is 0 Å². The second-order valence-electron chi connectivity index (χ2n) is 4.82. The Labute approximate surface area is 144 Å². The van der Waals surface area contributed by atoms with Gasteiger partial charge < -0.3 is 0 Å². The molecule has 1 rings (SSSR count). The molecule has 0 aromatic rings. The summed E-state index contributed by atoms with van der Waals surface area (Å²) in [5, 5.41) is 0. The lowest BCUT2D eigenvalue weighted by Gasteiger charge is -2.27. The van der Waals surface area contributed by atoms with Crippen molar-refractivity contribution in [3.63, 3.8) is 0 Å². The van der Waals surface area contributed by atoms with E-state index in [1.807, 2.05) is 0 Å². The van der Waals surface area contributed by atoms with Crippen LogP contribution in [0.1, 0.15) is 40.5 Å². The van der Waals surface area contributed by atoms with Gasteiger partial charge in [-0.05, 0) is 40.5 Å². The summed E-state index contributed by atoms with van der Waals surface area (Å²) in [4.78, 5) is 0. The van der Waals surface area contributed by atoms with Crippen LogP contribution >= 0.6 is 15.6 Å². The Morgan fingerprint density at radius 2 is 1.00 bits per heavy atom. The van der Waals surface area contributed by atoms with E-state index >= 15 is 0 Å². The number of hydrogen-bond acceptors (Lipinski definition) is 8. The van der Waals surface area contributed by atoms with E-state index in [-0.39, 0.29) is 26.4 Å². The van der Waals surface area contributed by atoms with Crippen LogP contribution in [0.5, 0.6) is 0 Å². The Bertz CT molecular complexity index is 419. The standard InChI is InChI=1S/C14H28O8P2/c1-5-17-23(15,18-6-2)21-13-9-11-14(12-10-13)22-24(16,19-7-3)20-8-4/h9,11,13-14H,5-8,10,12H2,1-4H3/t13-,14+. The molecule has 0 radical (unpaired) electrons. The molecule has 0 aromatic heterocycles. The highest BCUT2D eigenvalue weighted by atomic mass is 31.2. The lowest BCUT2D eigenvalue weighted by atomic mass is 10.0. The van der Waals surface area contributed by atoms with Gasteiger partial charge in [-0.25, -0.2) is 9.13 Å². The van der Waals surface area contributed by atoms with Gasteiger partial charge in [0.15, 0.2) is 0 Å². The van der Waals surface area contributed by atoms with Gasteiger partial charge in [0.1, 0.15) is 0 Å². The summed E-state index contributed by atoms with van der Waals surface area (Å²) in [6.07, 6.45) is 3.58. The summed E-state index contributed by atoms with van der Waals surface area (Å²) in [5.74, 6) is 0. The third-order valence-corrected chi connectivity index (χ3v) is 6.31. The zero-order valence-electron chi connectivity index (χ0n) is 14.7. The van der Waals surface area contributed by atoms with Crippen molar-refractivity contribution in [1.82, 2.24) is 0 Å². The maximum atomic E-state index is 12.3. The minimum atomic E-state index is -3.57. The number of rotatable bonds is 12. The van der Waals surface area contributed by atoms with E-state index in [0.717, 1.165) is 0 Å². The van der Waals surface area contributed by atoms with Gasteiger partial charge in [-0.1, -0.05) is 12.2 Å². The molecule has 10 heteroatoms. The molecular formula is C14H28O8P2. The summed E-state index contributed by atoms with van der Waals surface area (Å²) in [6.45, 7) is 7.78. The Hall–Kier alpha value is -0.0400. The monoisotopic (exact) mass is 386 g/mol. The topological polar surface area (TPSA) is 89.5 Å². The first-order valence-corrected chi connectivity index (χ1v) is 11.2. The fourth-order valence-electron chi connectivity index (χ4n) is 2.10. The van der Waals surface area contributed by atoms with Gasteiger partial charge in [0, 0.05) is 0 Å². The normalized spacial score (nSPS) is 22.0. The lowest BCUT2D eigenvalue weighted by molar-refractivity contribution is 0.0703. The van der Waals surface area contributed by atoms with Crippen LogP contribution in [0.4, 0.5) is 0 Å². The molecule has 1 aliphatic carbocycles. The lowest BCUT2D eigenvalue weighted by Crippen LogP contribution is -2.21. The van der Waals surface area contributed by atoms with Crippen LogP contribution in [0, 0.1) is 0 Å². The predicted molar refractivity (Wildman–Crippen MR) is 89.8 cm³/mol. The van der Waals surface area contributed by atoms with Crippen molar-refractivity contribution in [1.29, 1.82) is 0 Å². The molecule has 0 heterocycles. The molecule has 2 atom stereocenters. The molecule has 24 heavy (non-hydrogen) atoms. The molecule has 0 fully saturated rings. The van der Waals surface area contributed by atoms with Crippen LogP contribution in [-0.4, -0.2) is 38.6 Å². The number of hydrogen-bond donors (Lipinski definition) is 0. The van der Waals surface area contributed by atoms with Crippen LogP contribution in [0.25, 0.3) is 0 Å². The van der Waals surface area contributed by atoms with Gasteiger partial charge in [-0.15, -0.1) is 0 Å². The third-order valence-electron chi connectivity index (χ3n) is 2.95. The van der Waals surface area contributed by atoms with Crippen molar-refractivity contribution in [2.45, 2.75) is 52.7 Å². The summed E-state index contributed by atoms with van der Waals surface area (Å²) in [5.41, 5.74) is 0. The van der Waals surface area contributed by atoms with Crippen LogP contribution < -0.4 is 0 Å². The Balaban J connectivity index is 2.62. The molecule has 142 valence electrons. The van der Waals surface area contributed by atoms with E-state index in [9.17, 15) is 9.13 Å².